The molecule has 0 unspecified atom stereocenters. The first-order chi connectivity index (χ1) is 10.1. The number of carboxylic acids is 1. The summed E-state index contributed by atoms with van der Waals surface area (Å²) in [6.45, 7) is 1.36. The molecule has 0 atom stereocenters. The van der Waals surface area contributed by atoms with Crippen molar-refractivity contribution in [3.05, 3.63) is 35.4 Å². The molecule has 1 heterocycles. The summed E-state index contributed by atoms with van der Waals surface area (Å²) >= 11 is 0. The minimum Gasteiger partial charge on any atom is -0.481 e. The molecule has 1 aliphatic heterocycles. The third-order valence-corrected chi connectivity index (χ3v) is 3.94. The minimum atomic E-state index is -0.925. The van der Waals surface area contributed by atoms with Gasteiger partial charge in [-0.05, 0) is 30.5 Å². The maximum absolute atomic E-state index is 12.1. The number of hydrogen-bond donors (Lipinski definition) is 3. The molecule has 1 fully saturated rings. The number of benzene rings is 1. The van der Waals surface area contributed by atoms with Crippen LogP contribution in [0.4, 0.5) is 0 Å². The van der Waals surface area contributed by atoms with Gasteiger partial charge < -0.3 is 20.9 Å². The predicted molar refractivity (Wildman–Crippen MR) is 76.8 cm³/mol. The molecule has 1 saturated heterocycles. The second-order valence-electron chi connectivity index (χ2n) is 5.28. The summed E-state index contributed by atoms with van der Waals surface area (Å²) in [7, 11) is 0. The smallest absolute Gasteiger partial charge is 0.311 e. The molecule has 21 heavy (non-hydrogen) atoms. The molecule has 114 valence electrons. The van der Waals surface area contributed by atoms with E-state index in [0.717, 1.165) is 5.56 Å². The molecular weight excluding hydrogens is 272 g/mol. The Morgan fingerprint density at radius 3 is 2.38 bits per heavy atom. The number of aliphatic carboxylic acids is 1. The Morgan fingerprint density at radius 2 is 1.86 bits per heavy atom. The van der Waals surface area contributed by atoms with Crippen molar-refractivity contribution in [1.82, 2.24) is 5.32 Å². The van der Waals surface area contributed by atoms with Crippen molar-refractivity contribution in [2.45, 2.75) is 19.4 Å². The number of carbonyl (C=O) groups excluding carboxylic acids is 1. The van der Waals surface area contributed by atoms with E-state index in [1.165, 1.54) is 0 Å². The summed E-state index contributed by atoms with van der Waals surface area (Å²) in [6.07, 6.45) is 0.823. The van der Waals surface area contributed by atoms with Gasteiger partial charge >= 0.3 is 5.97 Å². The molecular formula is C15H20N2O4. The average molecular weight is 292 g/mol. The van der Waals surface area contributed by atoms with Gasteiger partial charge in [-0.15, -0.1) is 0 Å². The fraction of sp³-hybridized carbons (Fsp3) is 0.467. The van der Waals surface area contributed by atoms with Crippen LogP contribution >= 0.6 is 0 Å². The summed E-state index contributed by atoms with van der Waals surface area (Å²) in [5, 5.41) is 12.1. The van der Waals surface area contributed by atoms with Gasteiger partial charge in [-0.2, -0.15) is 0 Å². The largest absolute Gasteiger partial charge is 0.481 e. The zero-order chi connectivity index (χ0) is 15.3. The van der Waals surface area contributed by atoms with Crippen LogP contribution in [0, 0.1) is 5.41 Å². The van der Waals surface area contributed by atoms with Crippen LogP contribution in [-0.2, 0) is 16.1 Å². The molecule has 6 nitrogen and oxygen atoms in total. The fourth-order valence-electron chi connectivity index (χ4n) is 2.37. The molecule has 2 rings (SSSR count). The van der Waals surface area contributed by atoms with E-state index in [1.807, 2.05) is 0 Å². The lowest BCUT2D eigenvalue weighted by Crippen LogP contribution is -2.46. The molecule has 1 amide bonds. The Hall–Kier alpha value is -1.92. The number of hydrogen-bond acceptors (Lipinski definition) is 4. The Balaban J connectivity index is 1.99. The van der Waals surface area contributed by atoms with Gasteiger partial charge in [-0.25, -0.2) is 0 Å². The molecule has 6 heteroatoms. The number of nitrogens with two attached hydrogens (primary N) is 1. The first-order valence-electron chi connectivity index (χ1n) is 6.96. The Kier molecular flexibility index (Phi) is 4.93. The van der Waals surface area contributed by atoms with Gasteiger partial charge in [0.05, 0.1) is 5.41 Å². The summed E-state index contributed by atoms with van der Waals surface area (Å²) in [5.41, 5.74) is 6.02. The molecule has 1 aromatic rings. The zero-order valence-corrected chi connectivity index (χ0v) is 11.8. The van der Waals surface area contributed by atoms with Gasteiger partial charge in [0.2, 0.25) is 0 Å². The highest BCUT2D eigenvalue weighted by Gasteiger charge is 2.40. The highest BCUT2D eigenvalue weighted by molar-refractivity contribution is 5.94. The summed E-state index contributed by atoms with van der Waals surface area (Å²) in [4.78, 5) is 23.6. The van der Waals surface area contributed by atoms with Gasteiger partial charge in [-0.3, -0.25) is 9.59 Å². The number of nitrogens with one attached hydrogen (secondary N) is 1. The number of carbonyl (C=O) groups is 2. The van der Waals surface area contributed by atoms with Crippen LogP contribution < -0.4 is 11.1 Å². The van der Waals surface area contributed by atoms with Gasteiger partial charge in [-0.1, -0.05) is 12.1 Å². The summed E-state index contributed by atoms with van der Waals surface area (Å²) in [6, 6.07) is 6.95. The van der Waals surface area contributed by atoms with Gasteiger partial charge in [0, 0.05) is 31.9 Å². The molecule has 1 aromatic carbocycles. The zero-order valence-electron chi connectivity index (χ0n) is 11.8. The van der Waals surface area contributed by atoms with Crippen molar-refractivity contribution < 1.29 is 19.4 Å². The standard InChI is InChI=1S/C15H20N2O4/c16-9-11-1-3-12(4-2-11)13(18)17-10-15(14(19)20)5-7-21-8-6-15/h1-4H,5-10,16H2,(H,17,18)(H,19,20). The van der Waals surface area contributed by atoms with Crippen molar-refractivity contribution in [2.24, 2.45) is 11.1 Å². The number of ether oxygens (including phenoxy) is 1. The summed E-state index contributed by atoms with van der Waals surface area (Å²) < 4.78 is 5.20. The van der Waals surface area contributed by atoms with Crippen LogP contribution in [0.1, 0.15) is 28.8 Å². The number of rotatable bonds is 5. The minimum absolute atomic E-state index is 0.114. The molecule has 0 bridgehead atoms. The van der Waals surface area contributed by atoms with E-state index in [9.17, 15) is 14.7 Å². The van der Waals surface area contributed by atoms with Crippen LogP contribution in [-0.4, -0.2) is 36.7 Å². The second-order valence-corrected chi connectivity index (χ2v) is 5.28. The van der Waals surface area contributed by atoms with Gasteiger partial charge in [0.1, 0.15) is 0 Å². The van der Waals surface area contributed by atoms with Crippen LogP contribution in [0.25, 0.3) is 0 Å². The van der Waals surface area contributed by atoms with Crippen molar-refractivity contribution in [3.8, 4) is 0 Å². The second kappa shape index (κ2) is 6.69. The molecule has 0 radical (unpaired) electrons. The highest BCUT2D eigenvalue weighted by atomic mass is 16.5. The van der Waals surface area contributed by atoms with Crippen molar-refractivity contribution in [2.75, 3.05) is 19.8 Å². The highest BCUT2D eigenvalue weighted by Crippen LogP contribution is 2.30. The normalized spacial score (nSPS) is 17.2. The van der Waals surface area contributed by atoms with Crippen molar-refractivity contribution in [1.29, 1.82) is 0 Å². The van der Waals surface area contributed by atoms with E-state index in [2.05, 4.69) is 5.32 Å². The molecule has 0 saturated carbocycles. The quantitative estimate of drug-likeness (QED) is 0.743. The molecule has 1 aliphatic rings. The molecule has 0 aromatic heterocycles. The predicted octanol–water partition coefficient (Wildman–Crippen LogP) is 0.756. The van der Waals surface area contributed by atoms with Crippen LogP contribution in [0.15, 0.2) is 24.3 Å². The van der Waals surface area contributed by atoms with Crippen LogP contribution in [0.2, 0.25) is 0 Å². The maximum Gasteiger partial charge on any atom is 0.311 e. The van der Waals surface area contributed by atoms with Crippen molar-refractivity contribution in [3.63, 3.8) is 0 Å². The van der Waals surface area contributed by atoms with E-state index in [4.69, 9.17) is 10.5 Å². The number of carboxylic acid groups (broad SMARTS) is 1. The third-order valence-electron chi connectivity index (χ3n) is 3.94. The van der Waals surface area contributed by atoms with Gasteiger partial charge in [0.25, 0.3) is 5.91 Å². The van der Waals surface area contributed by atoms with Crippen LogP contribution in [0.3, 0.4) is 0 Å². The molecule has 0 aliphatic carbocycles. The lowest BCUT2D eigenvalue weighted by atomic mass is 9.80. The van der Waals surface area contributed by atoms with E-state index in [0.29, 0.717) is 38.2 Å². The Morgan fingerprint density at radius 1 is 1.24 bits per heavy atom. The Labute approximate surface area is 123 Å². The lowest BCUT2D eigenvalue weighted by molar-refractivity contribution is -0.154. The lowest BCUT2D eigenvalue weighted by Gasteiger charge is -2.33. The number of amides is 1. The van der Waals surface area contributed by atoms with Gasteiger partial charge in [0.15, 0.2) is 0 Å². The molecule has 0 spiro atoms. The topological polar surface area (TPSA) is 102 Å². The molecule has 4 N–H and O–H groups in total. The monoisotopic (exact) mass is 292 g/mol. The SMILES string of the molecule is NCc1ccc(C(=O)NCC2(C(=O)O)CCOCC2)cc1. The van der Waals surface area contributed by atoms with E-state index < -0.39 is 11.4 Å². The maximum atomic E-state index is 12.1. The third kappa shape index (κ3) is 3.59. The average Bonchev–Trinajstić information content (AvgIpc) is 2.53. The van der Waals surface area contributed by atoms with Crippen LogP contribution in [0.5, 0.6) is 0 Å². The summed E-state index contributed by atoms with van der Waals surface area (Å²) in [5.74, 6) is -1.16. The van der Waals surface area contributed by atoms with E-state index >= 15 is 0 Å². The fourth-order valence-corrected chi connectivity index (χ4v) is 2.37. The Bertz CT molecular complexity index is 507. The van der Waals surface area contributed by atoms with E-state index in [-0.39, 0.29) is 12.5 Å². The van der Waals surface area contributed by atoms with E-state index in [1.54, 1.807) is 24.3 Å². The first-order valence-corrected chi connectivity index (χ1v) is 6.96. The van der Waals surface area contributed by atoms with Crippen molar-refractivity contribution >= 4 is 11.9 Å². The first kappa shape index (κ1) is 15.5.